The molecule has 8 atom stereocenters. The maximum absolute atomic E-state index is 14.5. The summed E-state index contributed by atoms with van der Waals surface area (Å²) >= 11 is 1.55. The number of aryl methyl sites for hydroxylation is 1. The van der Waals surface area contributed by atoms with E-state index in [1.54, 1.807) is 16.2 Å². The summed E-state index contributed by atoms with van der Waals surface area (Å²) in [5, 5.41) is 23.4. The van der Waals surface area contributed by atoms with Crippen LogP contribution in [0.15, 0.2) is 35.9 Å². The van der Waals surface area contributed by atoms with E-state index in [9.17, 15) is 19.8 Å². The molecule has 1 amide bonds. The van der Waals surface area contributed by atoms with Crippen molar-refractivity contribution >= 4 is 23.2 Å². The zero-order valence-electron chi connectivity index (χ0n) is 25.4. The third-order valence-corrected chi connectivity index (χ3v) is 13.4. The van der Waals surface area contributed by atoms with Gasteiger partial charge in [-0.2, -0.15) is 0 Å². The molecule has 0 saturated heterocycles. The van der Waals surface area contributed by atoms with E-state index in [2.05, 4.69) is 32.1 Å². The standard InChI is InChI=1S/C34H47NO5S/c1-6-18-35(29(38)40-7-2)21-33(39)15-12-27-31(33,5)14-11-26-30(4)13-10-23(36)19-32(30)16-17-34(26,27)24(20-32)28(37)25-9-8-22(3)41-25/h8-9,16-17,20,23,26-27,36,39H,6-7,10-15,18-19,21H2,1-5H3. The molecule has 3 saturated carbocycles. The largest absolute Gasteiger partial charge is 0.450 e. The number of nitrogens with zero attached hydrogens (tertiary/aromatic N) is 1. The van der Waals surface area contributed by atoms with Crippen LogP contribution in [0.1, 0.15) is 93.6 Å². The van der Waals surface area contributed by atoms with Crippen LogP contribution >= 0.6 is 11.3 Å². The van der Waals surface area contributed by atoms with Gasteiger partial charge in [0.25, 0.3) is 0 Å². The number of allylic oxidation sites excluding steroid dienone is 4. The number of ether oxygens (including phenoxy) is 1. The van der Waals surface area contributed by atoms with Crippen LogP contribution in [0.5, 0.6) is 0 Å². The first-order chi connectivity index (χ1) is 19.4. The Hall–Kier alpha value is -1.96. The second-order valence-electron chi connectivity index (χ2n) is 14.2. The summed E-state index contributed by atoms with van der Waals surface area (Å²) in [6, 6.07) is 3.98. The van der Waals surface area contributed by atoms with Crippen LogP contribution in [0.2, 0.25) is 0 Å². The maximum atomic E-state index is 14.5. The van der Waals surface area contributed by atoms with Gasteiger partial charge in [0.05, 0.1) is 29.7 Å². The summed E-state index contributed by atoms with van der Waals surface area (Å²) in [5.41, 5.74) is -1.54. The van der Waals surface area contributed by atoms with E-state index in [0.717, 1.165) is 53.9 Å². The third-order valence-electron chi connectivity index (χ3n) is 12.4. The minimum absolute atomic E-state index is 0.0582. The van der Waals surface area contributed by atoms with Gasteiger partial charge in [-0.05, 0) is 94.6 Å². The summed E-state index contributed by atoms with van der Waals surface area (Å²) in [5.74, 6) is 0.436. The van der Waals surface area contributed by atoms with E-state index in [1.807, 2.05) is 32.9 Å². The van der Waals surface area contributed by atoms with Gasteiger partial charge in [-0.3, -0.25) is 4.79 Å². The molecule has 2 bridgehead atoms. The highest BCUT2D eigenvalue weighted by Gasteiger charge is 2.74. The van der Waals surface area contributed by atoms with Gasteiger partial charge in [0, 0.05) is 33.2 Å². The molecular formula is C34H47NO5S. The number of rotatable bonds is 7. The lowest BCUT2D eigenvalue weighted by molar-refractivity contribution is -0.175. The van der Waals surface area contributed by atoms with Gasteiger partial charge in [0.1, 0.15) is 0 Å². The summed E-state index contributed by atoms with van der Waals surface area (Å²) in [4.78, 5) is 31.0. The number of carbonyl (C=O) groups is 2. The molecule has 2 spiro atoms. The number of thiophene rings is 1. The molecule has 6 aliphatic rings. The van der Waals surface area contributed by atoms with Crippen molar-refractivity contribution < 1.29 is 24.5 Å². The van der Waals surface area contributed by atoms with Crippen molar-refractivity contribution in [1.82, 2.24) is 4.90 Å². The smallest absolute Gasteiger partial charge is 0.409 e. The lowest BCUT2D eigenvalue weighted by Crippen LogP contribution is -2.67. The van der Waals surface area contributed by atoms with E-state index >= 15 is 0 Å². The predicted octanol–water partition coefficient (Wildman–Crippen LogP) is 6.70. The van der Waals surface area contributed by atoms with E-state index < -0.39 is 16.4 Å². The Kier molecular flexibility index (Phi) is 6.95. The first-order valence-electron chi connectivity index (χ1n) is 15.8. The van der Waals surface area contributed by atoms with Gasteiger partial charge in [0.2, 0.25) is 0 Å². The summed E-state index contributed by atoms with van der Waals surface area (Å²) in [6.07, 6.45) is 12.6. The van der Waals surface area contributed by atoms with E-state index in [1.165, 1.54) is 0 Å². The minimum atomic E-state index is -1.07. The molecule has 0 aliphatic heterocycles. The van der Waals surface area contributed by atoms with Crippen LogP contribution < -0.4 is 0 Å². The number of Topliss-reactive ketones (excluding diaryl/α,β-unsaturated/α-hetero) is 1. The van der Waals surface area contributed by atoms with Crippen LogP contribution in [0.3, 0.4) is 0 Å². The van der Waals surface area contributed by atoms with Crippen LogP contribution in [0.4, 0.5) is 4.79 Å². The molecular weight excluding hydrogens is 534 g/mol. The third kappa shape index (κ3) is 3.87. The molecule has 7 rings (SSSR count). The fourth-order valence-corrected chi connectivity index (χ4v) is 11.1. The lowest BCUT2D eigenvalue weighted by atomic mass is 9.32. The van der Waals surface area contributed by atoms with Gasteiger partial charge >= 0.3 is 6.09 Å². The number of amides is 1. The Labute approximate surface area is 248 Å². The highest BCUT2D eigenvalue weighted by molar-refractivity contribution is 7.14. The topological polar surface area (TPSA) is 87.1 Å². The first-order valence-corrected chi connectivity index (χ1v) is 16.6. The quantitative estimate of drug-likeness (QED) is 0.276. The number of hydrogen-bond acceptors (Lipinski definition) is 6. The van der Waals surface area contributed by atoms with Crippen molar-refractivity contribution in [2.75, 3.05) is 19.7 Å². The molecule has 1 aromatic rings. The van der Waals surface area contributed by atoms with E-state index in [4.69, 9.17) is 4.74 Å². The van der Waals surface area contributed by atoms with Gasteiger partial charge in [-0.25, -0.2) is 4.79 Å². The molecule has 7 heteroatoms. The summed E-state index contributed by atoms with van der Waals surface area (Å²) in [7, 11) is 0. The van der Waals surface area contributed by atoms with Gasteiger partial charge in [0.15, 0.2) is 5.78 Å². The molecule has 6 aliphatic carbocycles. The van der Waals surface area contributed by atoms with Crippen LogP contribution in [0, 0.1) is 40.4 Å². The highest BCUT2D eigenvalue weighted by atomic mass is 32.1. The van der Waals surface area contributed by atoms with Crippen molar-refractivity contribution in [3.05, 3.63) is 45.7 Å². The van der Waals surface area contributed by atoms with Gasteiger partial charge < -0.3 is 19.8 Å². The second-order valence-corrected chi connectivity index (χ2v) is 15.5. The number of aliphatic hydroxyl groups is 2. The van der Waals surface area contributed by atoms with E-state index in [0.29, 0.717) is 26.0 Å². The van der Waals surface area contributed by atoms with E-state index in [-0.39, 0.29) is 47.2 Å². The Morgan fingerprint density at radius 2 is 1.76 bits per heavy atom. The number of hydrogen-bond donors (Lipinski definition) is 2. The molecule has 41 heavy (non-hydrogen) atoms. The molecule has 0 radical (unpaired) electrons. The van der Waals surface area contributed by atoms with Crippen LogP contribution in [-0.4, -0.2) is 58.4 Å². The maximum Gasteiger partial charge on any atom is 0.409 e. The molecule has 1 aromatic heterocycles. The average molecular weight is 582 g/mol. The van der Waals surface area contributed by atoms with Crippen molar-refractivity contribution in [1.29, 1.82) is 0 Å². The molecule has 2 N–H and O–H groups in total. The number of fused-ring (bicyclic) bond motifs is 1. The Morgan fingerprint density at radius 3 is 2.44 bits per heavy atom. The van der Waals surface area contributed by atoms with Crippen molar-refractivity contribution in [2.45, 2.75) is 97.7 Å². The van der Waals surface area contributed by atoms with Gasteiger partial charge in [-0.1, -0.05) is 39.0 Å². The van der Waals surface area contributed by atoms with Gasteiger partial charge in [-0.15, -0.1) is 11.3 Å². The molecule has 224 valence electrons. The molecule has 6 nitrogen and oxygen atoms in total. The monoisotopic (exact) mass is 581 g/mol. The molecule has 3 fully saturated rings. The number of carbonyl (C=O) groups excluding carboxylic acids is 2. The fourth-order valence-electron chi connectivity index (χ4n) is 10.3. The van der Waals surface area contributed by atoms with Crippen molar-refractivity contribution in [3.63, 3.8) is 0 Å². The molecule has 1 heterocycles. The normalized spacial score (nSPS) is 42.2. The van der Waals surface area contributed by atoms with Crippen LogP contribution in [-0.2, 0) is 4.74 Å². The lowest BCUT2D eigenvalue weighted by Gasteiger charge is -2.71. The Balaban J connectivity index is 1.46. The first kappa shape index (κ1) is 29.1. The number of aliphatic hydroxyl groups excluding tert-OH is 1. The minimum Gasteiger partial charge on any atom is -0.450 e. The summed E-state index contributed by atoms with van der Waals surface area (Å²) in [6.45, 7) is 11.6. The average Bonchev–Trinajstić information content (AvgIpc) is 3.48. The zero-order valence-corrected chi connectivity index (χ0v) is 26.2. The second kappa shape index (κ2) is 9.78. The van der Waals surface area contributed by atoms with Crippen LogP contribution in [0.25, 0.3) is 0 Å². The molecule has 0 aromatic carbocycles. The fraction of sp³-hybridized carbons (Fsp3) is 0.706. The highest BCUT2D eigenvalue weighted by Crippen LogP contribution is 2.78. The van der Waals surface area contributed by atoms with Crippen molar-refractivity contribution in [2.24, 2.45) is 33.5 Å². The number of ketones is 1. The molecule has 8 unspecified atom stereocenters. The predicted molar refractivity (Wildman–Crippen MR) is 161 cm³/mol. The SMILES string of the molecule is CCCN(CC1(O)CCC2C34C=CC5(C=C3C(=O)c3ccc(C)s3)CC(O)CCC5(C)C4CCC21C)C(=O)OCC. The Bertz CT molecular complexity index is 1300. The summed E-state index contributed by atoms with van der Waals surface area (Å²) < 4.78 is 5.39. The zero-order chi connectivity index (χ0) is 29.4. The van der Waals surface area contributed by atoms with Crippen molar-refractivity contribution in [3.8, 4) is 0 Å². The Morgan fingerprint density at radius 1 is 1.05 bits per heavy atom.